The average molecular weight is 337 g/mol. The summed E-state index contributed by atoms with van der Waals surface area (Å²) >= 11 is 0. The number of carbonyl (C=O) groups is 2. The van der Waals surface area contributed by atoms with Crippen LogP contribution in [0.2, 0.25) is 0 Å². The van der Waals surface area contributed by atoms with E-state index in [4.69, 9.17) is 15.6 Å². The van der Waals surface area contributed by atoms with E-state index < -0.39 is 23.6 Å². The number of esters is 2. The molecule has 0 aromatic heterocycles. The van der Waals surface area contributed by atoms with Crippen molar-refractivity contribution < 1.29 is 25.2 Å². The molecule has 2 bridgehead atoms. The van der Waals surface area contributed by atoms with Gasteiger partial charge in [0.15, 0.2) is 5.60 Å². The highest BCUT2D eigenvalue weighted by Gasteiger charge is 2.61. The topological polar surface area (TPSA) is 61.8 Å². The second-order valence-corrected chi connectivity index (χ2v) is 5.76. The third kappa shape index (κ3) is 1.93. The Balaban J connectivity index is 2.14. The first-order chi connectivity index (χ1) is 12.5. The number of ether oxygens (including phenoxy) is 3. The van der Waals surface area contributed by atoms with Crippen molar-refractivity contribution in [1.29, 1.82) is 0 Å². The third-order valence-corrected chi connectivity index (χ3v) is 4.59. The van der Waals surface area contributed by atoms with Crippen LogP contribution in [0.3, 0.4) is 0 Å². The predicted octanol–water partition coefficient (Wildman–Crippen LogP) is 2.66. The molecule has 2 atom stereocenters. The molecule has 0 N–H and O–H groups in total. The highest BCUT2D eigenvalue weighted by molar-refractivity contribution is 6.05. The molecule has 0 radical (unpaired) electrons. The summed E-state index contributed by atoms with van der Waals surface area (Å²) in [4.78, 5) is 25.2. The monoisotopic (exact) mass is 337 g/mol. The molecule has 0 spiro atoms. The maximum Gasteiger partial charge on any atom is 0.338 e. The standard InChI is InChI=1S/C20H16O5/c1-23-18(21)15-16(19(22)24-2)20(12-8-4-3-5-9-12)14-11-7-6-10-13(14)17(15)25-20/h3-11,17H,1-2H3/t17-,20+/m1/s1/i17D. The number of fused-ring (bicyclic) bond motifs is 5. The Morgan fingerprint density at radius 1 is 1.00 bits per heavy atom. The van der Waals surface area contributed by atoms with Gasteiger partial charge in [-0.15, -0.1) is 0 Å². The zero-order valence-electron chi connectivity index (χ0n) is 14.7. The van der Waals surface area contributed by atoms with E-state index in [0.717, 1.165) is 0 Å². The Morgan fingerprint density at radius 2 is 1.64 bits per heavy atom. The number of hydrogen-bond donors (Lipinski definition) is 0. The molecule has 2 aromatic carbocycles. The largest absolute Gasteiger partial charge is 0.466 e. The van der Waals surface area contributed by atoms with Crippen LogP contribution in [0.4, 0.5) is 0 Å². The minimum Gasteiger partial charge on any atom is -0.466 e. The number of carbonyl (C=O) groups excluding carboxylic acids is 2. The summed E-state index contributed by atoms with van der Waals surface area (Å²) in [6.45, 7) is 0. The molecule has 5 heteroatoms. The highest BCUT2D eigenvalue weighted by Crippen LogP contribution is 2.60. The second-order valence-electron chi connectivity index (χ2n) is 5.76. The van der Waals surface area contributed by atoms with E-state index in [9.17, 15) is 9.59 Å². The summed E-state index contributed by atoms with van der Waals surface area (Å²) in [6, 6.07) is 16.2. The summed E-state index contributed by atoms with van der Waals surface area (Å²) in [5, 5.41) is 0. The van der Waals surface area contributed by atoms with Gasteiger partial charge in [0.1, 0.15) is 6.08 Å². The highest BCUT2D eigenvalue weighted by atomic mass is 16.6. The van der Waals surface area contributed by atoms with E-state index in [2.05, 4.69) is 0 Å². The van der Waals surface area contributed by atoms with E-state index in [0.29, 0.717) is 16.7 Å². The van der Waals surface area contributed by atoms with Crippen molar-refractivity contribution in [2.24, 2.45) is 0 Å². The molecule has 2 aliphatic heterocycles. The molecule has 2 aromatic rings. The van der Waals surface area contributed by atoms with Gasteiger partial charge < -0.3 is 14.2 Å². The molecule has 2 aliphatic rings. The Hall–Kier alpha value is -2.92. The van der Waals surface area contributed by atoms with E-state index in [-0.39, 0.29) is 11.1 Å². The molecule has 0 aliphatic carbocycles. The van der Waals surface area contributed by atoms with E-state index >= 15 is 0 Å². The average Bonchev–Trinajstić information content (AvgIpc) is 3.13. The van der Waals surface area contributed by atoms with Gasteiger partial charge in [0.25, 0.3) is 0 Å². The van der Waals surface area contributed by atoms with Crippen molar-refractivity contribution in [2.45, 2.75) is 11.7 Å². The number of hydrogen-bond acceptors (Lipinski definition) is 5. The zero-order chi connectivity index (χ0) is 18.5. The lowest BCUT2D eigenvalue weighted by molar-refractivity contribution is -0.139. The van der Waals surface area contributed by atoms with Crippen molar-refractivity contribution in [2.75, 3.05) is 14.2 Å². The van der Waals surface area contributed by atoms with Crippen LogP contribution in [0.5, 0.6) is 0 Å². The molecule has 4 rings (SSSR count). The first-order valence-electron chi connectivity index (χ1n) is 8.28. The van der Waals surface area contributed by atoms with Gasteiger partial charge in [0, 0.05) is 0 Å². The lowest BCUT2D eigenvalue weighted by Crippen LogP contribution is -2.33. The first kappa shape index (κ1) is 14.4. The lowest BCUT2D eigenvalue weighted by atomic mass is 9.74. The molecule has 0 saturated carbocycles. The van der Waals surface area contributed by atoms with Gasteiger partial charge >= 0.3 is 11.9 Å². The molecule has 5 nitrogen and oxygen atoms in total. The van der Waals surface area contributed by atoms with Crippen molar-refractivity contribution in [3.63, 3.8) is 0 Å². The van der Waals surface area contributed by atoms with Gasteiger partial charge in [-0.25, -0.2) is 9.59 Å². The Bertz CT molecular complexity index is 952. The fraction of sp³-hybridized carbons (Fsp3) is 0.200. The second kappa shape index (κ2) is 5.57. The SMILES string of the molecule is [2H][C@]12O[C@](c3ccccc3)(C(C(=O)OC)=C1C(=O)OC)c1ccccc12. The molecule has 2 heterocycles. The Labute approximate surface area is 146 Å². The van der Waals surface area contributed by atoms with Gasteiger partial charge in [-0.1, -0.05) is 54.6 Å². The van der Waals surface area contributed by atoms with Gasteiger partial charge in [-0.2, -0.15) is 0 Å². The van der Waals surface area contributed by atoms with Crippen molar-refractivity contribution in [1.82, 2.24) is 0 Å². The summed E-state index contributed by atoms with van der Waals surface area (Å²) in [5.74, 6) is -1.51. The van der Waals surface area contributed by atoms with E-state index in [1.54, 1.807) is 30.3 Å². The molecule has 25 heavy (non-hydrogen) atoms. The summed E-state index contributed by atoms with van der Waals surface area (Å²) in [5.41, 5.74) is 0.254. The van der Waals surface area contributed by atoms with Crippen molar-refractivity contribution in [3.8, 4) is 0 Å². The quantitative estimate of drug-likeness (QED) is 0.806. The van der Waals surface area contributed by atoms with Crippen LogP contribution in [0, 0.1) is 0 Å². The van der Waals surface area contributed by atoms with E-state index in [1.165, 1.54) is 14.2 Å². The van der Waals surface area contributed by atoms with Crippen LogP contribution < -0.4 is 0 Å². The first-order valence-corrected chi connectivity index (χ1v) is 7.78. The number of rotatable bonds is 3. The fourth-order valence-electron chi connectivity index (χ4n) is 3.59. The summed E-state index contributed by atoms with van der Waals surface area (Å²) in [6.07, 6.45) is -1.84. The van der Waals surface area contributed by atoms with Crippen LogP contribution in [-0.4, -0.2) is 26.2 Å². The molecule has 126 valence electrons. The van der Waals surface area contributed by atoms with Crippen molar-refractivity contribution in [3.05, 3.63) is 82.4 Å². The van der Waals surface area contributed by atoms with Gasteiger partial charge in [-0.05, 0) is 16.7 Å². The van der Waals surface area contributed by atoms with Crippen LogP contribution in [-0.2, 0) is 29.4 Å². The lowest BCUT2D eigenvalue weighted by Gasteiger charge is -2.29. The van der Waals surface area contributed by atoms with Gasteiger partial charge in [-0.3, -0.25) is 0 Å². The Morgan fingerprint density at radius 3 is 2.32 bits per heavy atom. The Kier molecular flexibility index (Phi) is 3.21. The minimum absolute atomic E-state index is 0.00764. The van der Waals surface area contributed by atoms with Crippen LogP contribution in [0.15, 0.2) is 65.7 Å². The van der Waals surface area contributed by atoms with Gasteiger partial charge in [0.2, 0.25) is 0 Å². The fourth-order valence-corrected chi connectivity index (χ4v) is 3.59. The maximum atomic E-state index is 12.7. The predicted molar refractivity (Wildman–Crippen MR) is 88.5 cm³/mol. The van der Waals surface area contributed by atoms with Crippen LogP contribution in [0.1, 0.15) is 24.1 Å². The molecule has 0 unspecified atom stereocenters. The third-order valence-electron chi connectivity index (χ3n) is 4.59. The smallest absolute Gasteiger partial charge is 0.338 e. The number of benzene rings is 2. The van der Waals surface area contributed by atoms with E-state index in [1.807, 2.05) is 24.3 Å². The van der Waals surface area contributed by atoms with Crippen LogP contribution >= 0.6 is 0 Å². The molecule has 0 amide bonds. The van der Waals surface area contributed by atoms with Gasteiger partial charge in [0.05, 0.1) is 26.7 Å². The summed E-state index contributed by atoms with van der Waals surface area (Å²) in [7, 11) is 2.44. The molecule has 0 fully saturated rings. The summed E-state index contributed by atoms with van der Waals surface area (Å²) < 4.78 is 24.9. The van der Waals surface area contributed by atoms with Crippen molar-refractivity contribution >= 4 is 11.9 Å². The molecular formula is C20H16O5. The maximum absolute atomic E-state index is 12.7. The molecular weight excluding hydrogens is 320 g/mol. The zero-order valence-corrected chi connectivity index (χ0v) is 13.7. The number of methoxy groups -OCH3 is 2. The normalized spacial score (nSPS) is 26.9. The minimum atomic E-state index is -1.84. The molecule has 0 saturated heterocycles. The van der Waals surface area contributed by atoms with Crippen LogP contribution in [0.25, 0.3) is 0 Å².